The highest BCUT2D eigenvalue weighted by Crippen LogP contribution is 2.36. The van der Waals surface area contributed by atoms with Gasteiger partial charge in [-0.1, -0.05) is 0 Å². The highest BCUT2D eigenvalue weighted by atomic mass is 16.5. The van der Waals surface area contributed by atoms with Gasteiger partial charge in [0, 0.05) is 18.4 Å². The van der Waals surface area contributed by atoms with Gasteiger partial charge in [0.25, 0.3) is 0 Å². The van der Waals surface area contributed by atoms with E-state index in [1.54, 1.807) is 6.20 Å². The van der Waals surface area contributed by atoms with Gasteiger partial charge in [-0.15, -0.1) is 0 Å². The van der Waals surface area contributed by atoms with E-state index in [9.17, 15) is 0 Å². The Bertz CT molecular complexity index is 577. The summed E-state index contributed by atoms with van der Waals surface area (Å²) >= 11 is 0. The minimum Gasteiger partial charge on any atom is -0.384 e. The number of nitrogens with two attached hydrogens (primary N) is 1. The molecule has 2 unspecified atom stereocenters. The monoisotopic (exact) mass is 258 g/mol. The third kappa shape index (κ3) is 1.90. The number of ether oxygens (including phenoxy) is 1. The lowest BCUT2D eigenvalue weighted by atomic mass is 9.93. The van der Waals surface area contributed by atoms with Gasteiger partial charge in [0.15, 0.2) is 0 Å². The van der Waals surface area contributed by atoms with Crippen LogP contribution in [0.4, 0.5) is 5.82 Å². The summed E-state index contributed by atoms with van der Waals surface area (Å²) in [5.74, 6) is 0.526. The number of nitrogens with zero attached hydrogens (tertiary/aromatic N) is 3. The molecule has 0 amide bonds. The van der Waals surface area contributed by atoms with Crippen molar-refractivity contribution in [1.82, 2.24) is 14.5 Å². The van der Waals surface area contributed by atoms with Crippen LogP contribution < -0.4 is 5.73 Å². The first-order valence-corrected chi connectivity index (χ1v) is 6.47. The Balaban J connectivity index is 2.05. The van der Waals surface area contributed by atoms with Gasteiger partial charge in [-0.25, -0.2) is 9.97 Å². The maximum Gasteiger partial charge on any atom is 0.123 e. The molecule has 100 valence electrons. The third-order valence-electron chi connectivity index (χ3n) is 4.12. The average molecular weight is 258 g/mol. The highest BCUT2D eigenvalue weighted by molar-refractivity contribution is 5.59. The fourth-order valence-corrected chi connectivity index (χ4v) is 2.61. The fourth-order valence-electron chi connectivity index (χ4n) is 2.61. The number of hydrogen-bond donors (Lipinski definition) is 1. The molecule has 1 aliphatic heterocycles. The quantitative estimate of drug-likeness (QED) is 0.895. The SMILES string of the molecule is CC1OCCC1(C)n1cncc1-c1ccc(N)nc1. The van der Waals surface area contributed by atoms with E-state index in [4.69, 9.17) is 10.5 Å². The first kappa shape index (κ1) is 12.2. The molecule has 0 aliphatic carbocycles. The summed E-state index contributed by atoms with van der Waals surface area (Å²) < 4.78 is 7.91. The summed E-state index contributed by atoms with van der Waals surface area (Å²) in [6.45, 7) is 5.11. The molecule has 3 rings (SSSR count). The maximum absolute atomic E-state index is 5.72. The summed E-state index contributed by atoms with van der Waals surface area (Å²) in [4.78, 5) is 8.44. The van der Waals surface area contributed by atoms with Gasteiger partial charge in [-0.05, 0) is 32.4 Å². The second kappa shape index (κ2) is 4.35. The predicted molar refractivity (Wildman–Crippen MR) is 73.5 cm³/mol. The number of anilines is 1. The van der Waals surface area contributed by atoms with Crippen LogP contribution in [0.25, 0.3) is 11.3 Å². The standard InChI is InChI=1S/C14H18N4O/c1-10-14(2,5-6-19-10)18-9-16-8-12(18)11-3-4-13(15)17-7-11/h3-4,7-10H,5-6H2,1-2H3,(H2,15,17). The van der Waals surface area contributed by atoms with E-state index in [0.717, 1.165) is 24.3 Å². The second-order valence-electron chi connectivity index (χ2n) is 5.24. The molecule has 0 spiro atoms. The van der Waals surface area contributed by atoms with Crippen LogP contribution >= 0.6 is 0 Å². The van der Waals surface area contributed by atoms with E-state index in [-0.39, 0.29) is 11.6 Å². The van der Waals surface area contributed by atoms with Gasteiger partial charge < -0.3 is 15.0 Å². The number of pyridine rings is 1. The van der Waals surface area contributed by atoms with E-state index in [0.29, 0.717) is 5.82 Å². The van der Waals surface area contributed by atoms with Crippen molar-refractivity contribution in [3.63, 3.8) is 0 Å². The van der Waals surface area contributed by atoms with Crippen molar-refractivity contribution in [2.24, 2.45) is 0 Å². The molecule has 3 heterocycles. The molecule has 1 saturated heterocycles. The van der Waals surface area contributed by atoms with Crippen LogP contribution in [0.1, 0.15) is 20.3 Å². The van der Waals surface area contributed by atoms with Crippen molar-refractivity contribution in [2.75, 3.05) is 12.3 Å². The van der Waals surface area contributed by atoms with Crippen LogP contribution in [0.5, 0.6) is 0 Å². The highest BCUT2D eigenvalue weighted by Gasteiger charge is 2.39. The molecule has 2 N–H and O–H groups in total. The second-order valence-corrected chi connectivity index (χ2v) is 5.24. The molecular formula is C14H18N4O. The van der Waals surface area contributed by atoms with E-state index in [1.807, 2.05) is 24.7 Å². The summed E-state index contributed by atoms with van der Waals surface area (Å²) in [7, 11) is 0. The largest absolute Gasteiger partial charge is 0.384 e. The van der Waals surface area contributed by atoms with Crippen molar-refractivity contribution in [1.29, 1.82) is 0 Å². The molecule has 5 heteroatoms. The van der Waals surface area contributed by atoms with Crippen molar-refractivity contribution in [3.8, 4) is 11.3 Å². The van der Waals surface area contributed by atoms with Crippen LogP contribution in [0.2, 0.25) is 0 Å². The van der Waals surface area contributed by atoms with Gasteiger partial charge >= 0.3 is 0 Å². The Hall–Kier alpha value is -1.88. The number of rotatable bonds is 2. The van der Waals surface area contributed by atoms with E-state index in [2.05, 4.69) is 28.4 Å². The van der Waals surface area contributed by atoms with Gasteiger partial charge in [0.05, 0.1) is 29.9 Å². The van der Waals surface area contributed by atoms with Crippen LogP contribution in [0.15, 0.2) is 30.9 Å². The van der Waals surface area contributed by atoms with Gasteiger partial charge in [0.2, 0.25) is 0 Å². The Morgan fingerprint density at radius 3 is 2.89 bits per heavy atom. The first-order chi connectivity index (χ1) is 9.11. The molecule has 19 heavy (non-hydrogen) atoms. The molecular weight excluding hydrogens is 240 g/mol. The molecule has 5 nitrogen and oxygen atoms in total. The summed E-state index contributed by atoms with van der Waals surface area (Å²) in [6.07, 6.45) is 6.68. The Morgan fingerprint density at radius 1 is 1.42 bits per heavy atom. The van der Waals surface area contributed by atoms with Gasteiger partial charge in [0.1, 0.15) is 5.82 Å². The molecule has 2 aromatic rings. The lowest BCUT2D eigenvalue weighted by molar-refractivity contribution is 0.0765. The molecule has 1 aliphatic rings. The number of imidazole rings is 1. The summed E-state index contributed by atoms with van der Waals surface area (Å²) in [5.41, 5.74) is 7.64. The number of aromatic nitrogens is 3. The zero-order valence-electron chi connectivity index (χ0n) is 11.2. The molecule has 0 radical (unpaired) electrons. The topological polar surface area (TPSA) is 66.0 Å². The number of hydrogen-bond acceptors (Lipinski definition) is 4. The summed E-state index contributed by atoms with van der Waals surface area (Å²) in [5, 5.41) is 0. The van der Waals surface area contributed by atoms with Gasteiger partial charge in [-0.2, -0.15) is 0 Å². The Morgan fingerprint density at radius 2 is 2.26 bits per heavy atom. The van der Waals surface area contributed by atoms with Crippen molar-refractivity contribution in [3.05, 3.63) is 30.9 Å². The number of nitrogen functional groups attached to an aromatic ring is 1. The third-order valence-corrected chi connectivity index (χ3v) is 4.12. The van der Waals surface area contributed by atoms with Crippen LogP contribution in [-0.2, 0) is 10.3 Å². The molecule has 0 saturated carbocycles. The molecule has 1 fully saturated rings. The van der Waals surface area contributed by atoms with Crippen LogP contribution in [0.3, 0.4) is 0 Å². The smallest absolute Gasteiger partial charge is 0.123 e. The molecule has 0 aromatic carbocycles. The van der Waals surface area contributed by atoms with Crippen LogP contribution in [-0.4, -0.2) is 27.2 Å². The lowest BCUT2D eigenvalue weighted by Crippen LogP contribution is -2.36. The molecule has 2 aromatic heterocycles. The van der Waals surface area contributed by atoms with Gasteiger partial charge in [-0.3, -0.25) is 0 Å². The normalized spacial score (nSPS) is 26.7. The molecule has 2 atom stereocenters. The Kier molecular flexibility index (Phi) is 2.78. The lowest BCUT2D eigenvalue weighted by Gasteiger charge is -2.31. The van der Waals surface area contributed by atoms with Crippen LogP contribution in [0, 0.1) is 0 Å². The fraction of sp³-hybridized carbons (Fsp3) is 0.429. The zero-order chi connectivity index (χ0) is 13.5. The maximum atomic E-state index is 5.72. The summed E-state index contributed by atoms with van der Waals surface area (Å²) in [6, 6.07) is 3.78. The van der Waals surface area contributed by atoms with Crippen molar-refractivity contribution < 1.29 is 4.74 Å². The zero-order valence-corrected chi connectivity index (χ0v) is 11.2. The van der Waals surface area contributed by atoms with E-state index >= 15 is 0 Å². The minimum absolute atomic E-state index is 0.0623. The predicted octanol–water partition coefficient (Wildman–Crippen LogP) is 2.05. The van der Waals surface area contributed by atoms with Crippen molar-refractivity contribution in [2.45, 2.75) is 31.9 Å². The van der Waals surface area contributed by atoms with E-state index < -0.39 is 0 Å². The Labute approximate surface area is 112 Å². The van der Waals surface area contributed by atoms with Crippen molar-refractivity contribution >= 4 is 5.82 Å². The average Bonchev–Trinajstić information content (AvgIpc) is 2.99. The minimum atomic E-state index is -0.0623. The first-order valence-electron chi connectivity index (χ1n) is 6.47. The van der Waals surface area contributed by atoms with E-state index in [1.165, 1.54) is 0 Å². The molecule has 0 bridgehead atoms.